The summed E-state index contributed by atoms with van der Waals surface area (Å²) in [6.07, 6.45) is 0. The van der Waals surface area contributed by atoms with E-state index in [9.17, 15) is 0 Å². The van der Waals surface area contributed by atoms with E-state index in [1.165, 1.54) is 0 Å². The van der Waals surface area contributed by atoms with Crippen LogP contribution in [0.3, 0.4) is 0 Å². The van der Waals surface area contributed by atoms with Crippen LogP contribution in [-0.4, -0.2) is 15.0 Å². The Morgan fingerprint density at radius 3 is 1.89 bits per heavy atom. The van der Waals surface area contributed by atoms with Crippen molar-refractivity contribution in [1.29, 1.82) is 0 Å². The summed E-state index contributed by atoms with van der Waals surface area (Å²) in [5, 5.41) is 3.81. The van der Waals surface area contributed by atoms with Gasteiger partial charge in [-0.2, -0.15) is 0 Å². The average molecular weight is 571 g/mol. The predicted octanol–water partition coefficient (Wildman–Crippen LogP) is 10.3. The molecule has 0 bridgehead atoms. The Kier molecular flexibility index (Phi) is 4.42. The third-order valence-corrected chi connectivity index (χ3v) is 7.85. The summed E-state index contributed by atoms with van der Waals surface area (Å²) in [5.41, 5.74) is 5.82. The van der Waals surface area contributed by atoms with Gasteiger partial charge in [-0.1, -0.05) is 121 Å². The van der Waals surface area contributed by atoms with Crippen LogP contribution in [0.15, 0.2) is 148 Å². The highest BCUT2D eigenvalue weighted by atomic mass is 16.3. The van der Waals surface area contributed by atoms with Crippen LogP contribution in [0.5, 0.6) is 0 Å². The zero-order valence-corrected chi connectivity index (χ0v) is 23.1. The van der Waals surface area contributed by atoms with Gasteiger partial charge in [0.1, 0.15) is 22.3 Å². The lowest BCUT2D eigenvalue weighted by atomic mass is 9.97. The fraction of sp³-hybridized carbons (Fsp3) is 0. The highest BCUT2D eigenvalue weighted by Crippen LogP contribution is 2.43. The van der Waals surface area contributed by atoms with Crippen LogP contribution in [0, 0.1) is 0 Å². The number of aromatic nitrogens is 3. The van der Waals surface area contributed by atoms with Gasteiger partial charge in [-0.05, 0) is 23.8 Å². The number of nitrogens with zero attached hydrogens (tertiary/aromatic N) is 3. The van der Waals surface area contributed by atoms with E-state index in [2.05, 4.69) is 23.2 Å². The van der Waals surface area contributed by atoms with Crippen molar-refractivity contribution >= 4 is 43.9 Å². The number of fused-ring (bicyclic) bond motifs is 6. The second-order valence-corrected chi connectivity index (χ2v) is 10.4. The van der Waals surface area contributed by atoms with Crippen molar-refractivity contribution in [2.75, 3.05) is 0 Å². The van der Waals surface area contributed by atoms with Crippen molar-refractivity contribution in [3.63, 3.8) is 0 Å². The molecule has 206 valence electrons. The molecule has 0 saturated carbocycles. The van der Waals surface area contributed by atoms with Gasteiger partial charge in [0.25, 0.3) is 0 Å². The molecule has 3 heterocycles. The largest absolute Gasteiger partial charge is 0.455 e. The van der Waals surface area contributed by atoms with Gasteiger partial charge >= 0.3 is 0 Å². The van der Waals surface area contributed by atoms with Crippen LogP contribution >= 0.6 is 0 Å². The molecule has 0 atom stereocenters. The van der Waals surface area contributed by atoms with Crippen molar-refractivity contribution in [2.24, 2.45) is 0 Å². The van der Waals surface area contributed by atoms with Crippen LogP contribution in [0.25, 0.3) is 89.2 Å². The van der Waals surface area contributed by atoms with E-state index in [0.717, 1.165) is 43.8 Å². The zero-order chi connectivity index (χ0) is 33.4. The van der Waals surface area contributed by atoms with Gasteiger partial charge in [0, 0.05) is 38.2 Å². The normalized spacial score (nSPS) is 13.2. The molecule has 0 spiro atoms. The smallest absolute Gasteiger partial charge is 0.167 e. The monoisotopic (exact) mass is 570 g/mol. The van der Waals surface area contributed by atoms with Crippen LogP contribution in [-0.2, 0) is 0 Å². The van der Waals surface area contributed by atoms with Crippen LogP contribution < -0.4 is 0 Å². The highest BCUT2D eigenvalue weighted by Gasteiger charge is 2.21. The summed E-state index contributed by atoms with van der Waals surface area (Å²) >= 11 is 0. The molecule has 5 nitrogen and oxygen atoms in total. The van der Waals surface area contributed by atoms with Crippen molar-refractivity contribution in [2.45, 2.75) is 0 Å². The molecule has 5 heteroatoms. The summed E-state index contributed by atoms with van der Waals surface area (Å²) in [7, 11) is 0. The summed E-state index contributed by atoms with van der Waals surface area (Å²) in [4.78, 5) is 14.2. The zero-order valence-electron chi connectivity index (χ0n) is 28.1. The molecule has 44 heavy (non-hydrogen) atoms. The van der Waals surface area contributed by atoms with Gasteiger partial charge in [-0.15, -0.1) is 0 Å². The van der Waals surface area contributed by atoms with Gasteiger partial charge in [0.15, 0.2) is 17.5 Å². The SMILES string of the molecule is [2H]c1c([2H])c([2H])c(-c2nc(-c3ccccc3)nc(-c3cccc4c3oc3cccc(-c5cccc6c5oc5ccccc56)c34)n2)c([2H])c1[2H]. The number of para-hydroxylation sites is 3. The minimum Gasteiger partial charge on any atom is -0.455 e. The number of benzene rings is 6. The topological polar surface area (TPSA) is 65.0 Å². The van der Waals surface area contributed by atoms with Gasteiger partial charge in [0.2, 0.25) is 0 Å². The van der Waals surface area contributed by atoms with Crippen LogP contribution in [0.4, 0.5) is 0 Å². The molecule has 0 radical (unpaired) electrons. The van der Waals surface area contributed by atoms with E-state index in [1.807, 2.05) is 91.0 Å². The fourth-order valence-corrected chi connectivity index (χ4v) is 5.89. The molecule has 9 rings (SSSR count). The fourth-order valence-electron chi connectivity index (χ4n) is 5.89. The molecule has 9 aromatic rings. The van der Waals surface area contributed by atoms with Gasteiger partial charge in [-0.25, -0.2) is 15.0 Å². The second kappa shape index (κ2) is 9.75. The second-order valence-electron chi connectivity index (χ2n) is 10.4. The first kappa shape index (κ1) is 19.9. The number of rotatable bonds is 4. The van der Waals surface area contributed by atoms with Gasteiger partial charge < -0.3 is 8.83 Å². The van der Waals surface area contributed by atoms with E-state index < -0.39 is 30.2 Å². The molecule has 0 aliphatic carbocycles. The van der Waals surface area contributed by atoms with Gasteiger partial charge in [0.05, 0.1) is 12.4 Å². The number of furan rings is 2. The molecule has 0 unspecified atom stereocenters. The minimum absolute atomic E-state index is 0.0359. The Bertz CT molecular complexity index is 2760. The molecule has 0 fully saturated rings. The molecule has 0 N–H and O–H groups in total. The van der Waals surface area contributed by atoms with E-state index in [4.69, 9.17) is 25.7 Å². The first-order valence-electron chi connectivity index (χ1n) is 16.6. The molecule has 0 aliphatic rings. The van der Waals surface area contributed by atoms with Gasteiger partial charge in [-0.3, -0.25) is 0 Å². The maximum Gasteiger partial charge on any atom is 0.167 e. The predicted molar refractivity (Wildman–Crippen MR) is 176 cm³/mol. The third-order valence-electron chi connectivity index (χ3n) is 7.85. The van der Waals surface area contributed by atoms with Crippen molar-refractivity contribution in [3.8, 4) is 45.3 Å². The first-order valence-corrected chi connectivity index (χ1v) is 14.1. The maximum atomic E-state index is 8.63. The lowest BCUT2D eigenvalue weighted by Crippen LogP contribution is -2.00. The van der Waals surface area contributed by atoms with Crippen molar-refractivity contribution < 1.29 is 15.7 Å². The Labute approximate surface area is 259 Å². The maximum absolute atomic E-state index is 8.63. The molecular weight excluding hydrogens is 542 g/mol. The van der Waals surface area contributed by atoms with Crippen molar-refractivity contribution in [3.05, 3.63) is 139 Å². The summed E-state index contributed by atoms with van der Waals surface area (Å²) in [6, 6.07) is 32.9. The average Bonchev–Trinajstić information content (AvgIpc) is 3.72. The van der Waals surface area contributed by atoms with E-state index >= 15 is 0 Å². The number of hydrogen-bond acceptors (Lipinski definition) is 5. The van der Waals surface area contributed by atoms with Crippen molar-refractivity contribution in [1.82, 2.24) is 15.0 Å². The summed E-state index contributed by atoms with van der Waals surface area (Å²) in [5.74, 6) is 0.491. The lowest BCUT2D eigenvalue weighted by Gasteiger charge is -2.08. The summed E-state index contributed by atoms with van der Waals surface area (Å²) in [6.45, 7) is 0. The Hall–Kier alpha value is -6.07. The Morgan fingerprint density at radius 1 is 0.432 bits per heavy atom. The molecule has 0 saturated heterocycles. The molecule has 3 aromatic heterocycles. The highest BCUT2D eigenvalue weighted by molar-refractivity contribution is 6.18. The van der Waals surface area contributed by atoms with E-state index in [-0.39, 0.29) is 23.0 Å². The van der Waals surface area contributed by atoms with E-state index in [0.29, 0.717) is 22.3 Å². The lowest BCUT2D eigenvalue weighted by molar-refractivity contribution is 0.669. The standard InChI is InChI=1S/C39H23N3O2/c1-3-12-24(13-4-1)37-40-38(25-14-5-2-6-15-25)42-39(41-37)31-21-10-20-30-34-27(17-11-23-33(34)44-36(30)31)29-19-9-18-28-26-16-7-8-22-32(26)43-35(28)29/h1-23H/i1D,3D,4D,12D,13D. The van der Waals surface area contributed by atoms with Crippen LogP contribution in [0.1, 0.15) is 6.85 Å². The first-order chi connectivity index (χ1) is 23.9. The molecule has 0 amide bonds. The summed E-state index contributed by atoms with van der Waals surface area (Å²) < 4.78 is 54.8. The molecular formula is C39H23N3O2. The Balaban J connectivity index is 1.31. The van der Waals surface area contributed by atoms with E-state index in [1.54, 1.807) is 0 Å². The minimum atomic E-state index is -0.488. The third kappa shape index (κ3) is 3.83. The molecule has 6 aromatic carbocycles. The molecule has 0 aliphatic heterocycles. The van der Waals surface area contributed by atoms with Crippen LogP contribution in [0.2, 0.25) is 0 Å². The number of hydrogen-bond donors (Lipinski definition) is 0. The quantitative estimate of drug-likeness (QED) is 0.211. The Morgan fingerprint density at radius 2 is 1.02 bits per heavy atom.